The van der Waals surface area contributed by atoms with E-state index in [1.54, 1.807) is 0 Å². The van der Waals surface area contributed by atoms with Gasteiger partial charge in [0.25, 0.3) is 0 Å². The second-order valence-electron chi connectivity index (χ2n) is 5.99. The molecule has 0 amide bonds. The summed E-state index contributed by atoms with van der Waals surface area (Å²) in [6, 6.07) is 0. The molecule has 0 bridgehead atoms. The van der Waals surface area contributed by atoms with Gasteiger partial charge in [0.2, 0.25) is 0 Å². The topological polar surface area (TPSA) is 77.0 Å². The Morgan fingerprint density at radius 3 is 2.78 bits per heavy atom. The summed E-state index contributed by atoms with van der Waals surface area (Å²) in [5, 5.41) is 12.4. The molecule has 2 fully saturated rings. The smallest absolute Gasteiger partial charge is 0.317 e. The molecule has 7 heteroatoms. The van der Waals surface area contributed by atoms with Gasteiger partial charge in [-0.2, -0.15) is 0 Å². The summed E-state index contributed by atoms with van der Waals surface area (Å²) in [6.07, 6.45) is 0.633. The predicted octanol–water partition coefficient (Wildman–Crippen LogP) is 0.384. The summed E-state index contributed by atoms with van der Waals surface area (Å²) in [6.45, 7) is 4.29. The molecule has 1 spiro atoms. The van der Waals surface area contributed by atoms with Gasteiger partial charge in [-0.3, -0.25) is 4.79 Å². The number of β-amino-alcohol motifs (C(OH)–C–C–N with tert-alkyl or cyclic N) is 1. The highest BCUT2D eigenvalue weighted by atomic mass is 16.7. The van der Waals surface area contributed by atoms with Crippen LogP contribution in [0, 0.1) is 0 Å². The molecule has 0 radical (unpaired) electrons. The fourth-order valence-corrected chi connectivity index (χ4v) is 2.45. The summed E-state index contributed by atoms with van der Waals surface area (Å²) < 4.78 is 16.3. The van der Waals surface area contributed by atoms with Crippen molar-refractivity contribution in [2.24, 2.45) is 0 Å². The predicted molar refractivity (Wildman–Crippen MR) is 65.6 cm³/mol. The second kappa shape index (κ2) is 4.81. The molecule has 3 unspecified atom stereocenters. The van der Waals surface area contributed by atoms with Gasteiger partial charge in [0.05, 0.1) is 6.42 Å². The van der Waals surface area contributed by atoms with Crippen molar-refractivity contribution >= 4 is 12.7 Å². The number of aliphatic hydroxyl groups excluding tert-OH is 1. The van der Waals surface area contributed by atoms with Crippen molar-refractivity contribution in [1.29, 1.82) is 0 Å². The number of rotatable bonds is 2. The molecule has 0 aromatic rings. The summed E-state index contributed by atoms with van der Waals surface area (Å²) in [7, 11) is 0. The van der Waals surface area contributed by atoms with Crippen molar-refractivity contribution in [3.8, 4) is 0 Å². The highest BCUT2D eigenvalue weighted by molar-refractivity contribution is 6.66. The molecule has 2 aliphatic heterocycles. The Morgan fingerprint density at radius 1 is 1.50 bits per heavy atom. The second-order valence-corrected chi connectivity index (χ2v) is 5.99. The molecule has 104 valence electrons. The third-order valence-corrected chi connectivity index (χ3v) is 3.08. The number of carbonyl (C=O) groups is 1. The summed E-state index contributed by atoms with van der Waals surface area (Å²) in [4.78, 5) is 11.7. The zero-order valence-electron chi connectivity index (χ0n) is 11.1. The van der Waals surface area contributed by atoms with Gasteiger partial charge in [-0.05, 0) is 20.8 Å². The lowest BCUT2D eigenvalue weighted by atomic mass is 9.70. The van der Waals surface area contributed by atoms with E-state index >= 15 is 0 Å². The number of aliphatic hydroxyl groups is 1. The van der Waals surface area contributed by atoms with Crippen LogP contribution in [0.15, 0.2) is 0 Å². The van der Waals surface area contributed by atoms with Crippen molar-refractivity contribution in [2.75, 3.05) is 6.54 Å². The monoisotopic (exact) mass is 258 g/mol. The molecular formula is C11H21BNO5-. The molecular weight excluding hydrogens is 237 g/mol. The van der Waals surface area contributed by atoms with Gasteiger partial charge in [-0.1, -0.05) is 6.42 Å². The minimum absolute atomic E-state index is 0.197. The SMILES string of the molecule is CC(C)(C)OC(=O)CC1CC[B-]2(NCC(O)O2)O1. The Kier molecular flexibility index (Phi) is 3.69. The van der Waals surface area contributed by atoms with Gasteiger partial charge < -0.3 is 24.4 Å². The maximum atomic E-state index is 11.7. The Morgan fingerprint density at radius 2 is 2.22 bits per heavy atom. The first-order chi connectivity index (χ1) is 8.28. The van der Waals surface area contributed by atoms with Crippen molar-refractivity contribution in [3.05, 3.63) is 0 Å². The van der Waals surface area contributed by atoms with Crippen LogP contribution in [-0.4, -0.2) is 42.3 Å². The summed E-state index contributed by atoms with van der Waals surface area (Å²) in [5.41, 5.74) is -0.475. The number of esters is 1. The molecule has 0 aliphatic carbocycles. The molecule has 18 heavy (non-hydrogen) atoms. The maximum absolute atomic E-state index is 11.7. The van der Waals surface area contributed by atoms with E-state index in [-0.39, 0.29) is 18.5 Å². The van der Waals surface area contributed by atoms with E-state index in [1.165, 1.54) is 0 Å². The van der Waals surface area contributed by atoms with E-state index in [2.05, 4.69) is 5.23 Å². The van der Waals surface area contributed by atoms with E-state index < -0.39 is 18.6 Å². The van der Waals surface area contributed by atoms with Gasteiger partial charge in [0.15, 0.2) is 0 Å². The first-order valence-corrected chi connectivity index (χ1v) is 6.44. The molecule has 0 saturated carbocycles. The van der Waals surface area contributed by atoms with E-state index in [0.29, 0.717) is 12.9 Å². The fraction of sp³-hybridized carbons (Fsp3) is 0.909. The molecule has 2 rings (SSSR count). The lowest BCUT2D eigenvalue weighted by Gasteiger charge is -2.31. The fourth-order valence-electron chi connectivity index (χ4n) is 2.45. The van der Waals surface area contributed by atoms with Crippen LogP contribution in [-0.2, 0) is 18.8 Å². The Labute approximate surface area is 107 Å². The third-order valence-electron chi connectivity index (χ3n) is 3.08. The van der Waals surface area contributed by atoms with Crippen molar-refractivity contribution < 1.29 is 23.9 Å². The van der Waals surface area contributed by atoms with Crippen LogP contribution in [0.1, 0.15) is 33.6 Å². The highest BCUT2D eigenvalue weighted by Gasteiger charge is 2.42. The Bertz CT molecular complexity index is 332. The molecule has 3 atom stereocenters. The zero-order valence-corrected chi connectivity index (χ0v) is 11.1. The lowest BCUT2D eigenvalue weighted by Crippen LogP contribution is -2.48. The van der Waals surface area contributed by atoms with Crippen LogP contribution >= 0.6 is 0 Å². The minimum atomic E-state index is -1.59. The normalized spacial score (nSPS) is 36.2. The average molecular weight is 258 g/mol. The van der Waals surface area contributed by atoms with Crippen molar-refractivity contribution in [1.82, 2.24) is 5.23 Å². The van der Waals surface area contributed by atoms with Gasteiger partial charge in [0, 0.05) is 12.6 Å². The highest BCUT2D eigenvalue weighted by Crippen LogP contribution is 2.31. The van der Waals surface area contributed by atoms with Crippen LogP contribution in [0.4, 0.5) is 0 Å². The first kappa shape index (κ1) is 13.8. The standard InChI is InChI=1S/C11H21BNO5/c1-11(2,3)16-9(14)6-8-4-5-12(17-8)13-7-10(15)18-12/h8,10,13,15H,4-7H2,1-3H3/q-1. The largest absolute Gasteiger partial charge is 0.552 e. The number of hydrogen-bond donors (Lipinski definition) is 2. The van der Waals surface area contributed by atoms with Crippen molar-refractivity contribution in [3.63, 3.8) is 0 Å². The van der Waals surface area contributed by atoms with Gasteiger partial charge in [0.1, 0.15) is 11.9 Å². The van der Waals surface area contributed by atoms with Gasteiger partial charge in [-0.15, -0.1) is 6.32 Å². The maximum Gasteiger partial charge on any atom is 0.317 e. The Hall–Kier alpha value is -0.625. The lowest BCUT2D eigenvalue weighted by molar-refractivity contribution is -0.156. The average Bonchev–Trinajstić information content (AvgIpc) is 2.72. The third kappa shape index (κ3) is 3.44. The van der Waals surface area contributed by atoms with E-state index in [9.17, 15) is 9.90 Å². The van der Waals surface area contributed by atoms with Crippen LogP contribution in [0.3, 0.4) is 0 Å². The number of ether oxygens (including phenoxy) is 1. The number of hydrogen-bond acceptors (Lipinski definition) is 6. The molecule has 2 saturated heterocycles. The van der Waals surface area contributed by atoms with E-state index in [4.69, 9.17) is 14.0 Å². The molecule has 2 N–H and O–H groups in total. The van der Waals surface area contributed by atoms with Crippen LogP contribution in [0.25, 0.3) is 0 Å². The van der Waals surface area contributed by atoms with E-state index in [0.717, 1.165) is 6.42 Å². The van der Waals surface area contributed by atoms with Crippen LogP contribution < -0.4 is 5.23 Å². The zero-order chi connectivity index (χ0) is 13.4. The summed E-state index contributed by atoms with van der Waals surface area (Å²) >= 11 is 0. The molecule has 2 heterocycles. The van der Waals surface area contributed by atoms with Crippen molar-refractivity contribution in [2.45, 2.75) is 57.9 Å². The van der Waals surface area contributed by atoms with Gasteiger partial charge >= 0.3 is 12.7 Å². The minimum Gasteiger partial charge on any atom is -0.552 e. The van der Waals surface area contributed by atoms with Crippen LogP contribution in [0.2, 0.25) is 6.32 Å². The van der Waals surface area contributed by atoms with Gasteiger partial charge in [-0.25, -0.2) is 0 Å². The number of carbonyl (C=O) groups excluding carboxylic acids is 1. The molecule has 6 nitrogen and oxygen atoms in total. The Balaban J connectivity index is 1.81. The van der Waals surface area contributed by atoms with Crippen LogP contribution in [0.5, 0.6) is 0 Å². The first-order valence-electron chi connectivity index (χ1n) is 6.44. The van der Waals surface area contributed by atoms with E-state index in [1.807, 2.05) is 20.8 Å². The molecule has 2 aliphatic rings. The molecule has 0 aromatic carbocycles. The summed E-state index contributed by atoms with van der Waals surface area (Å²) in [5.74, 6) is -0.265. The number of nitrogens with one attached hydrogen (secondary N) is 1. The quantitative estimate of drug-likeness (QED) is 0.551. The molecule has 0 aromatic heterocycles.